The molecule has 0 aliphatic carbocycles. The molecule has 0 spiro atoms. The van der Waals surface area contributed by atoms with E-state index in [0.29, 0.717) is 28.5 Å². The van der Waals surface area contributed by atoms with Crippen molar-refractivity contribution in [3.8, 4) is 0 Å². The standard InChI is InChI=1S/C23H28ClN5O3/c1-15(30)26-18-7-8-20(19(24)12-18)27-22(31)14-29-10-9-28(3)21(13-29)16-5-4-6-17(11-16)23(32)25-2/h4-8,11-12,21H,9-10,13-14H2,1-3H3,(H,25,32)(H,26,30)(H,27,31)/t21-/m1/s1. The van der Waals surface area contributed by atoms with Crippen LogP contribution in [0.1, 0.15) is 28.9 Å². The molecule has 0 unspecified atom stereocenters. The summed E-state index contributed by atoms with van der Waals surface area (Å²) in [4.78, 5) is 40.1. The molecule has 32 heavy (non-hydrogen) atoms. The van der Waals surface area contributed by atoms with Crippen molar-refractivity contribution in [2.45, 2.75) is 13.0 Å². The van der Waals surface area contributed by atoms with Gasteiger partial charge in [-0.1, -0.05) is 23.7 Å². The molecule has 1 aliphatic heterocycles. The van der Waals surface area contributed by atoms with Gasteiger partial charge in [0.05, 0.1) is 17.3 Å². The number of benzene rings is 2. The number of nitrogens with zero attached hydrogens (tertiary/aromatic N) is 2. The van der Waals surface area contributed by atoms with Gasteiger partial charge in [0, 0.05) is 50.9 Å². The first-order valence-corrected chi connectivity index (χ1v) is 10.8. The van der Waals surface area contributed by atoms with E-state index in [4.69, 9.17) is 11.6 Å². The van der Waals surface area contributed by atoms with Crippen LogP contribution in [0.3, 0.4) is 0 Å². The zero-order valence-electron chi connectivity index (χ0n) is 18.4. The molecule has 3 rings (SSSR count). The lowest BCUT2D eigenvalue weighted by atomic mass is 10.00. The monoisotopic (exact) mass is 457 g/mol. The first-order chi connectivity index (χ1) is 15.3. The van der Waals surface area contributed by atoms with Gasteiger partial charge in [0.25, 0.3) is 5.91 Å². The fourth-order valence-electron chi connectivity index (χ4n) is 3.76. The van der Waals surface area contributed by atoms with Crippen LogP contribution in [0, 0.1) is 0 Å². The highest BCUT2D eigenvalue weighted by Crippen LogP contribution is 2.27. The molecule has 1 fully saturated rings. The van der Waals surface area contributed by atoms with Crippen molar-refractivity contribution in [2.75, 3.05) is 50.9 Å². The highest BCUT2D eigenvalue weighted by Gasteiger charge is 2.27. The molecule has 0 bridgehead atoms. The third-order valence-electron chi connectivity index (χ3n) is 5.42. The number of anilines is 2. The van der Waals surface area contributed by atoms with Gasteiger partial charge in [-0.15, -0.1) is 0 Å². The quantitative estimate of drug-likeness (QED) is 0.620. The van der Waals surface area contributed by atoms with Crippen LogP contribution < -0.4 is 16.0 Å². The Balaban J connectivity index is 1.64. The van der Waals surface area contributed by atoms with Crippen molar-refractivity contribution >= 4 is 40.7 Å². The van der Waals surface area contributed by atoms with Crippen LogP contribution in [0.15, 0.2) is 42.5 Å². The Hall–Kier alpha value is -2.94. The third-order valence-corrected chi connectivity index (χ3v) is 5.74. The highest BCUT2D eigenvalue weighted by atomic mass is 35.5. The Morgan fingerprint density at radius 2 is 1.88 bits per heavy atom. The van der Waals surface area contributed by atoms with E-state index in [0.717, 1.165) is 18.7 Å². The number of amides is 3. The van der Waals surface area contributed by atoms with Gasteiger partial charge in [-0.3, -0.25) is 24.2 Å². The summed E-state index contributed by atoms with van der Waals surface area (Å²) in [5, 5.41) is 8.50. The molecule has 9 heteroatoms. The first-order valence-electron chi connectivity index (χ1n) is 10.4. The van der Waals surface area contributed by atoms with Gasteiger partial charge in [0.15, 0.2) is 0 Å². The molecule has 2 aromatic carbocycles. The summed E-state index contributed by atoms with van der Waals surface area (Å²) in [5.41, 5.74) is 2.72. The van der Waals surface area contributed by atoms with Gasteiger partial charge in [-0.25, -0.2) is 0 Å². The average molecular weight is 458 g/mol. The average Bonchev–Trinajstić information content (AvgIpc) is 2.76. The molecule has 0 radical (unpaired) electrons. The van der Waals surface area contributed by atoms with Crippen LogP contribution in [0.25, 0.3) is 0 Å². The molecular weight excluding hydrogens is 430 g/mol. The van der Waals surface area contributed by atoms with E-state index < -0.39 is 0 Å². The largest absolute Gasteiger partial charge is 0.355 e. The first kappa shape index (κ1) is 23.7. The second kappa shape index (κ2) is 10.6. The Kier molecular flexibility index (Phi) is 7.84. The summed E-state index contributed by atoms with van der Waals surface area (Å²) < 4.78 is 0. The summed E-state index contributed by atoms with van der Waals surface area (Å²) in [7, 11) is 3.66. The topological polar surface area (TPSA) is 93.8 Å². The molecule has 2 aromatic rings. The number of carbonyl (C=O) groups is 3. The zero-order chi connectivity index (χ0) is 23.3. The lowest BCUT2D eigenvalue weighted by Crippen LogP contribution is -2.48. The van der Waals surface area contributed by atoms with E-state index in [-0.39, 0.29) is 30.3 Å². The minimum absolute atomic E-state index is 0.0710. The number of likely N-dealkylation sites (N-methyl/N-ethyl adjacent to an activating group) is 1. The van der Waals surface area contributed by atoms with Crippen LogP contribution in [0.4, 0.5) is 11.4 Å². The van der Waals surface area contributed by atoms with Crippen molar-refractivity contribution in [3.63, 3.8) is 0 Å². The third kappa shape index (κ3) is 6.06. The highest BCUT2D eigenvalue weighted by molar-refractivity contribution is 6.34. The number of piperazine rings is 1. The summed E-state index contributed by atoms with van der Waals surface area (Å²) >= 11 is 6.26. The van der Waals surface area contributed by atoms with Crippen molar-refractivity contribution in [3.05, 3.63) is 58.6 Å². The lowest BCUT2D eigenvalue weighted by Gasteiger charge is -2.39. The van der Waals surface area contributed by atoms with Crippen molar-refractivity contribution in [1.82, 2.24) is 15.1 Å². The molecule has 1 saturated heterocycles. The number of carbonyl (C=O) groups excluding carboxylic acids is 3. The number of rotatable bonds is 6. The van der Waals surface area contributed by atoms with E-state index >= 15 is 0 Å². The summed E-state index contributed by atoms with van der Waals surface area (Å²) in [6.07, 6.45) is 0. The molecule has 1 aliphatic rings. The normalized spacial score (nSPS) is 16.9. The molecule has 0 saturated carbocycles. The van der Waals surface area contributed by atoms with Gasteiger partial charge < -0.3 is 16.0 Å². The SMILES string of the molecule is CNC(=O)c1cccc([C@H]2CN(CC(=O)Nc3ccc(NC(C)=O)cc3Cl)CCN2C)c1. The van der Waals surface area contributed by atoms with E-state index in [2.05, 4.69) is 25.8 Å². The van der Waals surface area contributed by atoms with Gasteiger partial charge >= 0.3 is 0 Å². The number of halogens is 1. The predicted octanol–water partition coefficient (Wildman–Crippen LogP) is 2.59. The second-order valence-corrected chi connectivity index (χ2v) is 8.27. The second-order valence-electron chi connectivity index (χ2n) is 7.86. The van der Waals surface area contributed by atoms with Crippen molar-refractivity contribution in [1.29, 1.82) is 0 Å². The number of hydrogen-bond acceptors (Lipinski definition) is 5. The van der Waals surface area contributed by atoms with Gasteiger partial charge in [-0.2, -0.15) is 0 Å². The van der Waals surface area contributed by atoms with Gasteiger partial charge in [0.1, 0.15) is 0 Å². The van der Waals surface area contributed by atoms with E-state index in [1.54, 1.807) is 31.3 Å². The molecule has 1 heterocycles. The van der Waals surface area contributed by atoms with Crippen LogP contribution >= 0.6 is 11.6 Å². The number of nitrogens with one attached hydrogen (secondary N) is 3. The van der Waals surface area contributed by atoms with Crippen molar-refractivity contribution < 1.29 is 14.4 Å². The Morgan fingerprint density at radius 3 is 2.56 bits per heavy atom. The van der Waals surface area contributed by atoms with Crippen molar-refractivity contribution in [2.24, 2.45) is 0 Å². The van der Waals surface area contributed by atoms with Crippen LogP contribution in [-0.4, -0.2) is 67.8 Å². The Bertz CT molecular complexity index is 1010. The van der Waals surface area contributed by atoms with E-state index in [9.17, 15) is 14.4 Å². The van der Waals surface area contributed by atoms with Crippen LogP contribution in [0.5, 0.6) is 0 Å². The number of hydrogen-bond donors (Lipinski definition) is 3. The minimum Gasteiger partial charge on any atom is -0.355 e. The smallest absolute Gasteiger partial charge is 0.251 e. The molecule has 1 atom stereocenters. The maximum absolute atomic E-state index is 12.7. The van der Waals surface area contributed by atoms with Crippen LogP contribution in [0.2, 0.25) is 5.02 Å². The molecule has 170 valence electrons. The molecule has 3 amide bonds. The van der Waals surface area contributed by atoms with Crippen LogP contribution in [-0.2, 0) is 9.59 Å². The molecule has 8 nitrogen and oxygen atoms in total. The predicted molar refractivity (Wildman–Crippen MR) is 126 cm³/mol. The van der Waals surface area contributed by atoms with E-state index in [1.807, 2.05) is 25.2 Å². The van der Waals surface area contributed by atoms with E-state index in [1.165, 1.54) is 6.92 Å². The Labute approximate surface area is 192 Å². The fraction of sp³-hybridized carbons (Fsp3) is 0.348. The van der Waals surface area contributed by atoms with Gasteiger partial charge in [0.2, 0.25) is 11.8 Å². The zero-order valence-corrected chi connectivity index (χ0v) is 19.2. The maximum atomic E-state index is 12.7. The molecule has 0 aromatic heterocycles. The summed E-state index contributed by atoms with van der Waals surface area (Å²) in [6.45, 7) is 3.86. The summed E-state index contributed by atoms with van der Waals surface area (Å²) in [5.74, 6) is -0.479. The minimum atomic E-state index is -0.191. The lowest BCUT2D eigenvalue weighted by molar-refractivity contribution is -0.118. The fourth-order valence-corrected chi connectivity index (χ4v) is 3.98. The molecule has 3 N–H and O–H groups in total. The van der Waals surface area contributed by atoms with Gasteiger partial charge in [-0.05, 0) is 42.9 Å². The summed E-state index contributed by atoms with van der Waals surface area (Å²) in [6, 6.07) is 12.6. The molecular formula is C23H28ClN5O3. The maximum Gasteiger partial charge on any atom is 0.251 e. The Morgan fingerprint density at radius 1 is 1.09 bits per heavy atom.